The van der Waals surface area contributed by atoms with Crippen molar-refractivity contribution in [2.24, 2.45) is 0 Å². The molecule has 2 amide bonds. The number of aromatic amines is 1. The van der Waals surface area contributed by atoms with Crippen LogP contribution in [0.2, 0.25) is 0 Å². The van der Waals surface area contributed by atoms with Gasteiger partial charge in [0.25, 0.3) is 0 Å². The quantitative estimate of drug-likeness (QED) is 0.652. The fourth-order valence-electron chi connectivity index (χ4n) is 1.50. The van der Waals surface area contributed by atoms with Crippen molar-refractivity contribution < 1.29 is 14.7 Å². The van der Waals surface area contributed by atoms with Gasteiger partial charge in [0.2, 0.25) is 0 Å². The summed E-state index contributed by atoms with van der Waals surface area (Å²) in [7, 11) is 0. The number of nitrogens with zero attached hydrogens (tertiary/aromatic N) is 2. The van der Waals surface area contributed by atoms with E-state index in [-0.39, 0.29) is 17.5 Å². The Bertz CT molecular complexity index is 608. The lowest BCUT2D eigenvalue weighted by Gasteiger charge is -2.04. The van der Waals surface area contributed by atoms with Crippen molar-refractivity contribution in [3.8, 4) is 0 Å². The van der Waals surface area contributed by atoms with Crippen LogP contribution < -0.4 is 10.6 Å². The predicted octanol–water partition coefficient (Wildman–Crippen LogP) is 0.872. The topological polar surface area (TPSA) is 120 Å². The van der Waals surface area contributed by atoms with E-state index in [9.17, 15) is 9.59 Å². The molecule has 0 radical (unpaired) electrons. The number of hydrogen-bond donors (Lipinski definition) is 4. The van der Waals surface area contributed by atoms with Crippen molar-refractivity contribution >= 4 is 23.3 Å². The zero-order chi connectivity index (χ0) is 14.5. The maximum atomic E-state index is 11.5. The molecule has 0 aromatic carbocycles. The number of carboxylic acids is 1. The first kappa shape index (κ1) is 14.0. The van der Waals surface area contributed by atoms with Gasteiger partial charge >= 0.3 is 12.0 Å². The number of nitrogens with one attached hydrogen (secondary N) is 3. The Labute approximate surface area is 118 Å². The van der Waals surface area contributed by atoms with Crippen LogP contribution in [-0.4, -0.2) is 32.3 Å². The van der Waals surface area contributed by atoms with Crippen LogP contribution in [0.25, 0.3) is 0 Å². The number of urea groups is 1. The molecule has 0 saturated carbocycles. The summed E-state index contributed by atoms with van der Waals surface area (Å²) in [5.74, 6) is -1.00. The van der Waals surface area contributed by atoms with Gasteiger partial charge in [-0.2, -0.15) is 5.10 Å². The number of thiazole rings is 1. The van der Waals surface area contributed by atoms with Crippen molar-refractivity contribution in [1.29, 1.82) is 0 Å². The van der Waals surface area contributed by atoms with Gasteiger partial charge < -0.3 is 15.7 Å². The monoisotopic (exact) mass is 295 g/mol. The number of amides is 2. The minimum atomic E-state index is -1.00. The third kappa shape index (κ3) is 3.54. The van der Waals surface area contributed by atoms with Crippen molar-refractivity contribution in [3.05, 3.63) is 33.5 Å². The number of H-pyrrole nitrogens is 1. The molecule has 2 aromatic heterocycles. The molecule has 0 saturated heterocycles. The summed E-state index contributed by atoms with van der Waals surface area (Å²) in [4.78, 5) is 26.7. The van der Waals surface area contributed by atoms with Crippen LogP contribution in [0.5, 0.6) is 0 Å². The van der Waals surface area contributed by atoms with Crippen LogP contribution in [0, 0.1) is 6.92 Å². The van der Waals surface area contributed by atoms with E-state index in [0.717, 1.165) is 16.9 Å². The van der Waals surface area contributed by atoms with Gasteiger partial charge in [-0.3, -0.25) is 5.10 Å². The number of rotatable bonds is 5. The molecule has 0 unspecified atom stereocenters. The lowest BCUT2D eigenvalue weighted by atomic mass is 10.4. The van der Waals surface area contributed by atoms with Gasteiger partial charge in [-0.05, 0) is 6.92 Å². The fourth-order valence-corrected chi connectivity index (χ4v) is 2.34. The number of carbonyl (C=O) groups is 2. The van der Waals surface area contributed by atoms with Gasteiger partial charge in [-0.25, -0.2) is 14.6 Å². The molecule has 0 fully saturated rings. The second-order valence-electron chi connectivity index (χ2n) is 3.97. The Morgan fingerprint density at radius 3 is 2.75 bits per heavy atom. The Balaban J connectivity index is 1.81. The summed E-state index contributed by atoms with van der Waals surface area (Å²) in [5.41, 5.74) is 1.32. The Morgan fingerprint density at radius 1 is 1.40 bits per heavy atom. The van der Waals surface area contributed by atoms with Crippen LogP contribution in [0.1, 0.15) is 25.9 Å². The van der Waals surface area contributed by atoms with Gasteiger partial charge in [0.1, 0.15) is 9.88 Å². The molecule has 0 aliphatic heterocycles. The highest BCUT2D eigenvalue weighted by molar-refractivity contribution is 7.13. The summed E-state index contributed by atoms with van der Waals surface area (Å²) in [6.07, 6.45) is 3.30. The molecular formula is C11H13N5O3S. The van der Waals surface area contributed by atoms with E-state index in [1.165, 1.54) is 0 Å². The molecule has 4 N–H and O–H groups in total. The number of hydrogen-bond acceptors (Lipinski definition) is 5. The number of aryl methyl sites for hydroxylation is 1. The summed E-state index contributed by atoms with van der Waals surface area (Å²) in [6.45, 7) is 2.18. The van der Waals surface area contributed by atoms with E-state index in [4.69, 9.17) is 5.11 Å². The largest absolute Gasteiger partial charge is 0.477 e. The Kier molecular flexibility index (Phi) is 4.31. The molecule has 0 aliphatic rings. The van der Waals surface area contributed by atoms with E-state index < -0.39 is 5.97 Å². The standard InChI is InChI=1S/C11H13N5O3S/c1-6-9(10(17)18)20-8(16-6)5-13-11(19)12-2-7-3-14-15-4-7/h3-4H,2,5H2,1H3,(H,14,15)(H,17,18)(H2,12,13,19). The number of carboxylic acid groups (broad SMARTS) is 1. The first-order valence-corrected chi connectivity index (χ1v) is 6.57. The van der Waals surface area contributed by atoms with Crippen LogP contribution in [0.3, 0.4) is 0 Å². The molecule has 106 valence electrons. The molecule has 0 aliphatic carbocycles. The van der Waals surface area contributed by atoms with E-state index in [0.29, 0.717) is 17.2 Å². The predicted molar refractivity (Wildman–Crippen MR) is 71.5 cm³/mol. The van der Waals surface area contributed by atoms with Crippen LogP contribution in [0.4, 0.5) is 4.79 Å². The summed E-state index contributed by atoms with van der Waals surface area (Å²) >= 11 is 1.06. The molecule has 0 atom stereocenters. The molecule has 2 rings (SSSR count). The normalized spacial score (nSPS) is 10.2. The Morgan fingerprint density at radius 2 is 2.15 bits per heavy atom. The first-order valence-electron chi connectivity index (χ1n) is 5.75. The van der Waals surface area contributed by atoms with E-state index >= 15 is 0 Å². The minimum absolute atomic E-state index is 0.190. The summed E-state index contributed by atoms with van der Waals surface area (Å²) in [6, 6.07) is -0.351. The van der Waals surface area contributed by atoms with E-state index in [1.54, 1.807) is 19.3 Å². The molecule has 0 spiro atoms. The molecule has 20 heavy (non-hydrogen) atoms. The Hall–Kier alpha value is -2.42. The number of aromatic carboxylic acids is 1. The van der Waals surface area contributed by atoms with E-state index in [1.807, 2.05) is 0 Å². The SMILES string of the molecule is Cc1nc(CNC(=O)NCc2cn[nH]c2)sc1C(=O)O. The average molecular weight is 295 g/mol. The van der Waals surface area contributed by atoms with Crippen LogP contribution >= 0.6 is 11.3 Å². The lowest BCUT2D eigenvalue weighted by molar-refractivity contribution is 0.0701. The molecule has 0 bridgehead atoms. The van der Waals surface area contributed by atoms with Gasteiger partial charge in [0, 0.05) is 18.3 Å². The molecule has 9 heteroatoms. The maximum absolute atomic E-state index is 11.5. The van der Waals surface area contributed by atoms with Crippen molar-refractivity contribution in [3.63, 3.8) is 0 Å². The van der Waals surface area contributed by atoms with Crippen molar-refractivity contribution in [1.82, 2.24) is 25.8 Å². The maximum Gasteiger partial charge on any atom is 0.347 e. The smallest absolute Gasteiger partial charge is 0.347 e. The van der Waals surface area contributed by atoms with Gasteiger partial charge in [-0.15, -0.1) is 11.3 Å². The third-order valence-corrected chi connectivity index (χ3v) is 3.59. The highest BCUT2D eigenvalue weighted by atomic mass is 32.1. The van der Waals surface area contributed by atoms with Crippen molar-refractivity contribution in [2.75, 3.05) is 0 Å². The number of carbonyl (C=O) groups excluding carboxylic acids is 1. The third-order valence-electron chi connectivity index (χ3n) is 2.44. The lowest BCUT2D eigenvalue weighted by Crippen LogP contribution is -2.34. The van der Waals surface area contributed by atoms with Gasteiger partial charge in [0.05, 0.1) is 18.4 Å². The van der Waals surface area contributed by atoms with Gasteiger partial charge in [0.15, 0.2) is 0 Å². The second-order valence-corrected chi connectivity index (χ2v) is 5.05. The first-order chi connectivity index (χ1) is 9.56. The zero-order valence-electron chi connectivity index (χ0n) is 10.6. The van der Waals surface area contributed by atoms with E-state index in [2.05, 4.69) is 25.8 Å². The number of aromatic nitrogens is 3. The molecule has 2 aromatic rings. The summed E-state index contributed by atoms with van der Waals surface area (Å²) in [5, 5.41) is 21.1. The fraction of sp³-hybridized carbons (Fsp3) is 0.273. The summed E-state index contributed by atoms with van der Waals surface area (Å²) < 4.78 is 0. The van der Waals surface area contributed by atoms with Crippen molar-refractivity contribution in [2.45, 2.75) is 20.0 Å². The minimum Gasteiger partial charge on any atom is -0.477 e. The van der Waals surface area contributed by atoms with Crippen LogP contribution in [-0.2, 0) is 13.1 Å². The van der Waals surface area contributed by atoms with Gasteiger partial charge in [-0.1, -0.05) is 0 Å². The molecule has 8 nitrogen and oxygen atoms in total. The highest BCUT2D eigenvalue weighted by Gasteiger charge is 2.14. The van der Waals surface area contributed by atoms with Crippen LogP contribution in [0.15, 0.2) is 12.4 Å². The highest BCUT2D eigenvalue weighted by Crippen LogP contribution is 2.17. The molecule has 2 heterocycles. The zero-order valence-corrected chi connectivity index (χ0v) is 11.5. The molecular weight excluding hydrogens is 282 g/mol. The average Bonchev–Trinajstić information content (AvgIpc) is 3.03. The second kappa shape index (κ2) is 6.15.